The maximum Gasteiger partial charge on any atom is 0.303 e. The van der Waals surface area contributed by atoms with Gasteiger partial charge in [0.15, 0.2) is 0 Å². The number of esters is 3. The second kappa shape index (κ2) is 10.8. The fourth-order valence-electron chi connectivity index (χ4n) is 9.67. The Morgan fingerprint density at radius 1 is 0.868 bits per heavy atom. The van der Waals surface area contributed by atoms with Crippen molar-refractivity contribution >= 4 is 23.9 Å². The Bertz CT molecular complexity index is 947. The van der Waals surface area contributed by atoms with Gasteiger partial charge >= 0.3 is 23.9 Å². The van der Waals surface area contributed by atoms with Crippen molar-refractivity contribution in [1.29, 1.82) is 0 Å². The molecule has 0 heterocycles. The van der Waals surface area contributed by atoms with Gasteiger partial charge < -0.3 is 19.3 Å². The maximum atomic E-state index is 12.4. The van der Waals surface area contributed by atoms with Crippen molar-refractivity contribution in [3.05, 3.63) is 0 Å². The molecule has 1 N–H and O–H groups in total. The number of ether oxygens (including phenoxy) is 3. The fourth-order valence-corrected chi connectivity index (χ4v) is 9.67. The summed E-state index contributed by atoms with van der Waals surface area (Å²) < 4.78 is 17.8. The van der Waals surface area contributed by atoms with Gasteiger partial charge in [0.05, 0.1) is 0 Å². The average molecular weight is 535 g/mol. The molecule has 4 rings (SSSR count). The molecule has 0 saturated heterocycles. The zero-order chi connectivity index (χ0) is 28.0. The second-order valence-corrected chi connectivity index (χ2v) is 13.2. The Morgan fingerprint density at radius 2 is 1.53 bits per heavy atom. The number of carboxylic acids is 1. The van der Waals surface area contributed by atoms with Gasteiger partial charge in [-0.1, -0.05) is 20.8 Å². The van der Waals surface area contributed by atoms with Gasteiger partial charge in [-0.05, 0) is 86.4 Å². The quantitative estimate of drug-likeness (QED) is 0.352. The molecular formula is C30H46O8. The van der Waals surface area contributed by atoms with Crippen LogP contribution >= 0.6 is 0 Å². The number of carbonyl (C=O) groups excluding carboxylic acids is 3. The van der Waals surface area contributed by atoms with E-state index in [0.717, 1.165) is 38.5 Å². The molecule has 0 aromatic heterocycles. The average Bonchev–Trinajstić information content (AvgIpc) is 3.16. The van der Waals surface area contributed by atoms with E-state index in [0.29, 0.717) is 12.8 Å². The van der Waals surface area contributed by atoms with Crippen LogP contribution in [-0.4, -0.2) is 47.3 Å². The molecule has 11 atom stereocenters. The van der Waals surface area contributed by atoms with Gasteiger partial charge in [-0.15, -0.1) is 0 Å². The molecule has 3 unspecified atom stereocenters. The summed E-state index contributed by atoms with van der Waals surface area (Å²) in [5.41, 5.74) is -0.355. The molecule has 38 heavy (non-hydrogen) atoms. The van der Waals surface area contributed by atoms with Gasteiger partial charge in [-0.25, -0.2) is 0 Å². The molecule has 0 aliphatic heterocycles. The summed E-state index contributed by atoms with van der Waals surface area (Å²) in [6, 6.07) is 0. The molecule has 0 aromatic carbocycles. The molecule has 4 aliphatic carbocycles. The van der Waals surface area contributed by atoms with Gasteiger partial charge in [-0.2, -0.15) is 0 Å². The zero-order valence-electron chi connectivity index (χ0n) is 23.9. The van der Waals surface area contributed by atoms with E-state index in [2.05, 4.69) is 20.8 Å². The highest BCUT2D eigenvalue weighted by Gasteiger charge is 2.67. The molecular weight excluding hydrogens is 488 g/mol. The Kier molecular flexibility index (Phi) is 8.21. The third-order valence-corrected chi connectivity index (χ3v) is 11.2. The summed E-state index contributed by atoms with van der Waals surface area (Å²) in [5.74, 6) is -0.421. The summed E-state index contributed by atoms with van der Waals surface area (Å²) in [6.45, 7) is 11.1. The maximum absolute atomic E-state index is 12.4. The molecule has 0 radical (unpaired) electrons. The lowest BCUT2D eigenvalue weighted by atomic mass is 9.43. The highest BCUT2D eigenvalue weighted by Crippen LogP contribution is 2.69. The molecule has 8 heteroatoms. The number of hydrogen-bond donors (Lipinski definition) is 1. The Hall–Kier alpha value is -2.12. The van der Waals surface area contributed by atoms with E-state index in [1.165, 1.54) is 20.8 Å². The summed E-state index contributed by atoms with van der Waals surface area (Å²) in [4.78, 5) is 47.7. The molecule has 214 valence electrons. The lowest BCUT2D eigenvalue weighted by Crippen LogP contribution is -2.63. The minimum absolute atomic E-state index is 0.0370. The van der Waals surface area contributed by atoms with Gasteiger partial charge in [0.1, 0.15) is 18.3 Å². The standard InChI is InChI=1S/C30H46O8/c1-16(7-10-27(34)35)22-8-9-23-28-24(15-26(30(22,23)6)38-19(4)33)29(5)12-11-21(36-17(2)31)13-20(29)14-25(28)37-18(3)32/h16,20-26,28H,7-15H2,1-6H3,(H,34,35)/t16-,20?,21-,22-,23+,24?,25-,26+,28?,29+,30-/m1/s1. The molecule has 0 amide bonds. The Morgan fingerprint density at radius 3 is 2.13 bits per heavy atom. The number of hydrogen-bond acceptors (Lipinski definition) is 7. The van der Waals surface area contributed by atoms with Crippen LogP contribution in [0, 0.1) is 46.3 Å². The molecule has 4 aliphatic rings. The molecule has 4 saturated carbocycles. The smallest absolute Gasteiger partial charge is 0.303 e. The molecule has 8 nitrogen and oxygen atoms in total. The number of aliphatic carboxylic acids is 1. The van der Waals surface area contributed by atoms with Crippen LogP contribution in [0.4, 0.5) is 0 Å². The van der Waals surface area contributed by atoms with Gasteiger partial charge in [0, 0.05) is 38.5 Å². The first-order valence-corrected chi connectivity index (χ1v) is 14.5. The molecule has 0 bridgehead atoms. The van der Waals surface area contributed by atoms with Crippen LogP contribution in [0.3, 0.4) is 0 Å². The van der Waals surface area contributed by atoms with Gasteiger partial charge in [0.2, 0.25) is 0 Å². The van der Waals surface area contributed by atoms with E-state index < -0.39 is 5.97 Å². The third-order valence-electron chi connectivity index (χ3n) is 11.2. The Labute approximate surface area is 226 Å². The first kappa shape index (κ1) is 28.9. The van der Waals surface area contributed by atoms with Crippen molar-refractivity contribution in [3.8, 4) is 0 Å². The molecule has 4 fully saturated rings. The van der Waals surface area contributed by atoms with E-state index in [1.807, 2.05) is 0 Å². The summed E-state index contributed by atoms with van der Waals surface area (Å²) >= 11 is 0. The van der Waals surface area contributed by atoms with Crippen molar-refractivity contribution in [2.75, 3.05) is 0 Å². The van der Waals surface area contributed by atoms with Crippen LogP contribution in [-0.2, 0) is 33.4 Å². The van der Waals surface area contributed by atoms with Crippen LogP contribution in [0.5, 0.6) is 0 Å². The first-order valence-electron chi connectivity index (χ1n) is 14.5. The minimum Gasteiger partial charge on any atom is -0.481 e. The van der Waals surface area contributed by atoms with Crippen molar-refractivity contribution in [2.24, 2.45) is 46.3 Å². The minimum atomic E-state index is -0.790. The predicted molar refractivity (Wildman–Crippen MR) is 139 cm³/mol. The molecule has 0 aromatic rings. The number of rotatable bonds is 7. The van der Waals surface area contributed by atoms with Crippen LogP contribution in [0.25, 0.3) is 0 Å². The predicted octanol–water partition coefficient (Wildman–Crippen LogP) is 5.16. The van der Waals surface area contributed by atoms with Crippen molar-refractivity contribution in [2.45, 2.75) is 118 Å². The summed E-state index contributed by atoms with van der Waals surface area (Å²) in [7, 11) is 0. The first-order chi connectivity index (χ1) is 17.8. The number of carbonyl (C=O) groups is 4. The van der Waals surface area contributed by atoms with Gasteiger partial charge in [-0.3, -0.25) is 19.2 Å². The Balaban J connectivity index is 1.71. The van der Waals surface area contributed by atoms with Gasteiger partial charge in [0.25, 0.3) is 0 Å². The lowest BCUT2D eigenvalue weighted by molar-refractivity contribution is -0.224. The van der Waals surface area contributed by atoms with Crippen LogP contribution in [0.1, 0.15) is 99.3 Å². The SMILES string of the molecule is CC(=O)O[C@@H]1CC[C@@]2(C)C(C1)C[C@@H](OC(C)=O)C1C2C[C@H](OC(C)=O)[C@]2(C)[C@@H]([C@H](C)CCC(=O)O)CC[C@@H]12. The largest absolute Gasteiger partial charge is 0.481 e. The number of fused-ring (bicyclic) bond motifs is 5. The normalized spacial score (nSPS) is 42.6. The van der Waals surface area contributed by atoms with E-state index in [1.54, 1.807) is 0 Å². The fraction of sp³-hybridized carbons (Fsp3) is 0.867. The lowest BCUT2D eigenvalue weighted by Gasteiger charge is -2.64. The number of carboxylic acid groups (broad SMARTS) is 1. The topological polar surface area (TPSA) is 116 Å². The zero-order valence-corrected chi connectivity index (χ0v) is 23.9. The van der Waals surface area contributed by atoms with Crippen molar-refractivity contribution < 1.29 is 38.5 Å². The van der Waals surface area contributed by atoms with Crippen LogP contribution in [0.15, 0.2) is 0 Å². The van der Waals surface area contributed by atoms with Crippen molar-refractivity contribution in [3.63, 3.8) is 0 Å². The molecule has 0 spiro atoms. The monoisotopic (exact) mass is 534 g/mol. The van der Waals surface area contributed by atoms with Crippen LogP contribution in [0.2, 0.25) is 0 Å². The van der Waals surface area contributed by atoms with E-state index in [-0.39, 0.29) is 89.0 Å². The van der Waals surface area contributed by atoms with Crippen LogP contribution < -0.4 is 0 Å². The van der Waals surface area contributed by atoms with E-state index in [9.17, 15) is 24.3 Å². The third kappa shape index (κ3) is 5.21. The van der Waals surface area contributed by atoms with E-state index in [4.69, 9.17) is 14.2 Å². The highest BCUT2D eigenvalue weighted by molar-refractivity contribution is 5.67. The second-order valence-electron chi connectivity index (χ2n) is 13.2. The summed E-state index contributed by atoms with van der Waals surface area (Å²) in [6.07, 6.45) is 5.93. The van der Waals surface area contributed by atoms with E-state index >= 15 is 0 Å². The highest BCUT2D eigenvalue weighted by atomic mass is 16.6. The van der Waals surface area contributed by atoms with Crippen molar-refractivity contribution in [1.82, 2.24) is 0 Å². The summed E-state index contributed by atoms with van der Waals surface area (Å²) in [5, 5.41) is 9.31.